The molecule has 0 aliphatic heterocycles. The van der Waals surface area contributed by atoms with E-state index < -0.39 is 17.5 Å². The van der Waals surface area contributed by atoms with Crippen LogP contribution in [0.15, 0.2) is 29.0 Å². The van der Waals surface area contributed by atoms with Crippen LogP contribution in [0.5, 0.6) is 0 Å². The molecule has 1 aromatic heterocycles. The van der Waals surface area contributed by atoms with E-state index in [0.717, 1.165) is 12.3 Å². The lowest BCUT2D eigenvalue weighted by atomic mass is 10.3. The third kappa shape index (κ3) is 3.02. The predicted octanol–water partition coefficient (Wildman–Crippen LogP) is 2.35. The largest absolute Gasteiger partial charge is 0.382 e. The highest BCUT2D eigenvalue weighted by atomic mass is 79.9. The molecule has 2 rings (SSSR count). The average Bonchev–Trinajstić information content (AvgIpc) is 2.36. The van der Waals surface area contributed by atoms with Crippen LogP contribution < -0.4 is 11.1 Å². The van der Waals surface area contributed by atoms with E-state index >= 15 is 0 Å². The first-order valence-electron chi connectivity index (χ1n) is 5.01. The summed E-state index contributed by atoms with van der Waals surface area (Å²) in [5.41, 5.74) is 5.12. The Labute approximate surface area is 115 Å². The van der Waals surface area contributed by atoms with Crippen molar-refractivity contribution in [3.05, 3.63) is 46.3 Å². The third-order valence-corrected chi connectivity index (χ3v) is 2.77. The Balaban J connectivity index is 2.24. The summed E-state index contributed by atoms with van der Waals surface area (Å²) in [5.74, 6) is -2.17. The summed E-state index contributed by atoms with van der Waals surface area (Å²) in [6.45, 7) is 0. The van der Waals surface area contributed by atoms with Crippen molar-refractivity contribution in [2.24, 2.45) is 0 Å². The second-order valence-electron chi connectivity index (χ2n) is 3.53. The van der Waals surface area contributed by atoms with E-state index in [4.69, 9.17) is 5.73 Å². The van der Waals surface area contributed by atoms with E-state index in [0.29, 0.717) is 6.07 Å². The lowest BCUT2D eigenvalue weighted by molar-refractivity contribution is 0.102. The Morgan fingerprint density at radius 3 is 2.58 bits per heavy atom. The first-order valence-corrected chi connectivity index (χ1v) is 5.80. The van der Waals surface area contributed by atoms with Gasteiger partial charge in [0.2, 0.25) is 0 Å². The van der Waals surface area contributed by atoms with Gasteiger partial charge in [-0.3, -0.25) is 4.79 Å². The molecular weight excluding hydrogens is 322 g/mol. The average molecular weight is 329 g/mol. The van der Waals surface area contributed by atoms with Crippen molar-refractivity contribution >= 4 is 33.3 Å². The number of nitrogen functional groups attached to an aromatic ring is 1. The highest BCUT2D eigenvalue weighted by molar-refractivity contribution is 9.10. The van der Waals surface area contributed by atoms with E-state index in [1.165, 1.54) is 6.20 Å². The molecule has 1 amide bonds. The van der Waals surface area contributed by atoms with E-state index in [1.54, 1.807) is 0 Å². The standard InChI is InChI=1S/C11H7BrF2N4O/c12-5-1-8(7(14)2-6(5)13)18-11(19)9-3-17-10(15)4-16-9/h1-4H,(H2,15,17)(H,18,19). The first-order chi connectivity index (χ1) is 8.97. The molecule has 0 aliphatic rings. The van der Waals surface area contributed by atoms with Crippen molar-refractivity contribution in [2.45, 2.75) is 0 Å². The number of carbonyl (C=O) groups excluding carboxylic acids is 1. The summed E-state index contributed by atoms with van der Waals surface area (Å²) in [6.07, 6.45) is 2.35. The highest BCUT2D eigenvalue weighted by Crippen LogP contribution is 2.23. The van der Waals surface area contributed by atoms with Gasteiger partial charge in [0.1, 0.15) is 23.1 Å². The van der Waals surface area contributed by atoms with Crippen molar-refractivity contribution in [3.8, 4) is 0 Å². The van der Waals surface area contributed by atoms with Gasteiger partial charge >= 0.3 is 0 Å². The zero-order chi connectivity index (χ0) is 14.0. The Morgan fingerprint density at radius 2 is 1.95 bits per heavy atom. The van der Waals surface area contributed by atoms with Crippen LogP contribution in [-0.4, -0.2) is 15.9 Å². The van der Waals surface area contributed by atoms with Crippen molar-refractivity contribution < 1.29 is 13.6 Å². The summed E-state index contributed by atoms with van der Waals surface area (Å²) in [4.78, 5) is 19.2. The summed E-state index contributed by atoms with van der Waals surface area (Å²) in [5, 5.41) is 2.26. The molecule has 0 radical (unpaired) electrons. The number of nitrogens with one attached hydrogen (secondary N) is 1. The minimum atomic E-state index is -0.891. The maximum atomic E-state index is 13.4. The summed E-state index contributed by atoms with van der Waals surface area (Å²) in [7, 11) is 0. The molecule has 0 atom stereocenters. The highest BCUT2D eigenvalue weighted by Gasteiger charge is 2.13. The van der Waals surface area contributed by atoms with Gasteiger partial charge in [0, 0.05) is 6.07 Å². The maximum Gasteiger partial charge on any atom is 0.275 e. The minimum absolute atomic E-state index is 0.0333. The summed E-state index contributed by atoms with van der Waals surface area (Å²) in [6, 6.07) is 1.78. The van der Waals surface area contributed by atoms with Crippen LogP contribution in [0.3, 0.4) is 0 Å². The van der Waals surface area contributed by atoms with Gasteiger partial charge < -0.3 is 11.1 Å². The van der Waals surface area contributed by atoms with Crippen LogP contribution in [0, 0.1) is 11.6 Å². The van der Waals surface area contributed by atoms with Gasteiger partial charge in [0.25, 0.3) is 5.91 Å². The van der Waals surface area contributed by atoms with Crippen LogP contribution in [0.25, 0.3) is 0 Å². The number of hydrogen-bond donors (Lipinski definition) is 2. The third-order valence-electron chi connectivity index (χ3n) is 2.16. The van der Waals surface area contributed by atoms with Crippen LogP contribution in [0.4, 0.5) is 20.3 Å². The molecule has 5 nitrogen and oxygen atoms in total. The summed E-state index contributed by atoms with van der Waals surface area (Å²) < 4.78 is 26.5. The van der Waals surface area contributed by atoms with Crippen LogP contribution >= 0.6 is 15.9 Å². The monoisotopic (exact) mass is 328 g/mol. The molecule has 0 aliphatic carbocycles. The SMILES string of the molecule is Nc1cnc(C(=O)Nc2cc(Br)c(F)cc2F)cn1. The number of hydrogen-bond acceptors (Lipinski definition) is 4. The normalized spacial score (nSPS) is 10.3. The molecule has 3 N–H and O–H groups in total. The van der Waals surface area contributed by atoms with Crippen molar-refractivity contribution in [3.63, 3.8) is 0 Å². The molecule has 98 valence electrons. The lowest BCUT2D eigenvalue weighted by Crippen LogP contribution is -2.15. The van der Waals surface area contributed by atoms with Gasteiger partial charge in [-0.15, -0.1) is 0 Å². The molecule has 8 heteroatoms. The van der Waals surface area contributed by atoms with Crippen LogP contribution in [-0.2, 0) is 0 Å². The molecule has 0 saturated carbocycles. The second-order valence-corrected chi connectivity index (χ2v) is 4.38. The number of carbonyl (C=O) groups is 1. The Morgan fingerprint density at radius 1 is 1.21 bits per heavy atom. The molecule has 0 spiro atoms. The molecule has 0 bridgehead atoms. The topological polar surface area (TPSA) is 80.9 Å². The van der Waals surface area contributed by atoms with E-state index in [2.05, 4.69) is 31.2 Å². The molecule has 1 aromatic carbocycles. The van der Waals surface area contributed by atoms with Gasteiger partial charge in [-0.05, 0) is 22.0 Å². The molecule has 19 heavy (non-hydrogen) atoms. The van der Waals surface area contributed by atoms with Gasteiger partial charge in [-0.25, -0.2) is 18.7 Å². The zero-order valence-electron chi connectivity index (χ0n) is 9.32. The molecule has 1 heterocycles. The Kier molecular flexibility index (Phi) is 3.70. The maximum absolute atomic E-state index is 13.4. The molecular formula is C11H7BrF2N4O. The predicted molar refractivity (Wildman–Crippen MR) is 68.5 cm³/mol. The van der Waals surface area contributed by atoms with E-state index in [9.17, 15) is 13.6 Å². The number of rotatable bonds is 2. The van der Waals surface area contributed by atoms with Crippen molar-refractivity contribution in [1.29, 1.82) is 0 Å². The van der Waals surface area contributed by atoms with Gasteiger partial charge in [0.15, 0.2) is 0 Å². The molecule has 2 aromatic rings. The van der Waals surface area contributed by atoms with Gasteiger partial charge in [-0.1, -0.05) is 0 Å². The fraction of sp³-hybridized carbons (Fsp3) is 0. The zero-order valence-corrected chi connectivity index (χ0v) is 10.9. The number of amides is 1. The Bertz CT molecular complexity index is 633. The van der Waals surface area contributed by atoms with Gasteiger partial charge in [0.05, 0.1) is 22.6 Å². The minimum Gasteiger partial charge on any atom is -0.382 e. The number of nitrogens with two attached hydrogens (primary N) is 1. The first kappa shape index (κ1) is 13.3. The Hall–Kier alpha value is -2.09. The molecule has 0 unspecified atom stereocenters. The smallest absolute Gasteiger partial charge is 0.275 e. The van der Waals surface area contributed by atoms with Gasteiger partial charge in [-0.2, -0.15) is 0 Å². The summed E-state index contributed by atoms with van der Waals surface area (Å²) >= 11 is 2.90. The van der Waals surface area contributed by atoms with Crippen LogP contribution in [0.1, 0.15) is 10.5 Å². The number of halogens is 3. The quantitative estimate of drug-likeness (QED) is 0.829. The van der Waals surface area contributed by atoms with Crippen molar-refractivity contribution in [1.82, 2.24) is 9.97 Å². The lowest BCUT2D eigenvalue weighted by Gasteiger charge is -2.07. The number of nitrogens with zero attached hydrogens (tertiary/aromatic N) is 2. The molecule has 0 fully saturated rings. The molecule has 0 saturated heterocycles. The fourth-order valence-electron chi connectivity index (χ4n) is 1.26. The number of benzene rings is 1. The van der Waals surface area contributed by atoms with Crippen molar-refractivity contribution in [2.75, 3.05) is 11.1 Å². The van der Waals surface area contributed by atoms with E-state index in [1.807, 2.05) is 0 Å². The second kappa shape index (κ2) is 5.27. The fourth-order valence-corrected chi connectivity index (χ4v) is 1.60. The number of aromatic nitrogens is 2. The number of anilines is 2. The van der Waals surface area contributed by atoms with Crippen LogP contribution in [0.2, 0.25) is 0 Å². The van der Waals surface area contributed by atoms with E-state index in [-0.39, 0.29) is 21.7 Å².